The number of aldehydes is 1. The minimum Gasteiger partial charge on any atom is -0.378 e. The van der Waals surface area contributed by atoms with Crippen LogP contribution in [0.15, 0.2) is 34.7 Å². The van der Waals surface area contributed by atoms with E-state index in [4.69, 9.17) is 9.72 Å². The van der Waals surface area contributed by atoms with Crippen LogP contribution in [0.5, 0.6) is 0 Å². The van der Waals surface area contributed by atoms with E-state index in [-0.39, 0.29) is 23.1 Å². The monoisotopic (exact) mass is 385 g/mol. The first kappa shape index (κ1) is 17.8. The molecule has 0 amide bonds. The summed E-state index contributed by atoms with van der Waals surface area (Å²) in [6.45, 7) is 1.45. The molecule has 2 unspecified atom stereocenters. The van der Waals surface area contributed by atoms with Crippen LogP contribution in [-0.4, -0.2) is 60.2 Å². The number of pyridine rings is 2. The number of carbonyl (C=O) groups excluding carboxylic acids is 1. The lowest BCUT2D eigenvalue weighted by molar-refractivity contribution is 0.0996. The summed E-state index contributed by atoms with van der Waals surface area (Å²) in [5, 5.41) is 6.15. The molecule has 3 aromatic rings. The molecule has 4 rings (SSSR count). The van der Waals surface area contributed by atoms with Gasteiger partial charge in [-0.2, -0.15) is 0 Å². The van der Waals surface area contributed by atoms with Gasteiger partial charge in [0.25, 0.3) is 0 Å². The van der Waals surface area contributed by atoms with Gasteiger partial charge in [0, 0.05) is 38.0 Å². The van der Waals surface area contributed by atoms with Gasteiger partial charge in [0.2, 0.25) is 5.43 Å². The molecular weight excluding hydrogens is 366 g/mol. The molecule has 0 aromatic carbocycles. The summed E-state index contributed by atoms with van der Waals surface area (Å²) < 4.78 is 7.25. The van der Waals surface area contributed by atoms with E-state index >= 15 is 0 Å². The quantitative estimate of drug-likeness (QED) is 0.657. The van der Waals surface area contributed by atoms with Crippen molar-refractivity contribution in [1.82, 2.24) is 19.9 Å². The number of anilines is 1. The maximum Gasteiger partial charge on any atom is 0.201 e. The Morgan fingerprint density at radius 1 is 1.37 bits per heavy atom. The minimum absolute atomic E-state index is 0.0612. The Morgan fingerprint density at radius 3 is 2.85 bits per heavy atom. The lowest BCUT2D eigenvalue weighted by atomic mass is 10.2. The average molecular weight is 385 g/mol. The van der Waals surface area contributed by atoms with Gasteiger partial charge in [-0.15, -0.1) is 11.3 Å². The smallest absolute Gasteiger partial charge is 0.201 e. The fraction of sp³-hybridized carbons (Fsp3) is 0.333. The molecule has 140 valence electrons. The van der Waals surface area contributed by atoms with E-state index in [0.29, 0.717) is 29.0 Å². The number of ether oxygens (including phenoxy) is 1. The number of likely N-dealkylation sites (N-methyl/N-ethyl adjacent to an activating group) is 1. The molecule has 1 aliphatic rings. The number of hydrogen-bond acceptors (Lipinski definition) is 8. The number of carbonyl (C=O) groups is 1. The second-order valence-corrected chi connectivity index (χ2v) is 7.20. The predicted octanol–water partition coefficient (Wildman–Crippen LogP) is 1.08. The number of methoxy groups -OCH3 is 1. The number of nitrogens with one attached hydrogen (secondary N) is 1. The normalized spacial score (nSPS) is 19.7. The molecule has 27 heavy (non-hydrogen) atoms. The molecular formula is C18H19N5O3S. The second-order valence-electron chi connectivity index (χ2n) is 6.33. The zero-order valence-electron chi connectivity index (χ0n) is 15.0. The summed E-state index contributed by atoms with van der Waals surface area (Å²) in [5.74, 6) is 0.755. The van der Waals surface area contributed by atoms with Gasteiger partial charge < -0.3 is 15.0 Å². The Morgan fingerprint density at radius 2 is 2.22 bits per heavy atom. The van der Waals surface area contributed by atoms with Gasteiger partial charge >= 0.3 is 0 Å². The maximum atomic E-state index is 12.6. The lowest BCUT2D eigenvalue weighted by Gasteiger charge is -2.18. The Kier molecular flexibility index (Phi) is 4.73. The first-order valence-corrected chi connectivity index (χ1v) is 9.40. The van der Waals surface area contributed by atoms with Crippen molar-refractivity contribution < 1.29 is 9.53 Å². The average Bonchev–Trinajstić information content (AvgIpc) is 3.37. The van der Waals surface area contributed by atoms with Crippen molar-refractivity contribution in [1.29, 1.82) is 0 Å². The summed E-state index contributed by atoms with van der Waals surface area (Å²) in [7, 11) is 3.61. The van der Waals surface area contributed by atoms with Crippen molar-refractivity contribution in [3.05, 3.63) is 45.7 Å². The van der Waals surface area contributed by atoms with Crippen LogP contribution >= 0.6 is 11.3 Å². The van der Waals surface area contributed by atoms with E-state index in [1.807, 2.05) is 18.5 Å². The predicted molar refractivity (Wildman–Crippen MR) is 104 cm³/mol. The van der Waals surface area contributed by atoms with E-state index in [0.717, 1.165) is 12.4 Å². The van der Waals surface area contributed by atoms with Gasteiger partial charge in [0.1, 0.15) is 5.82 Å². The van der Waals surface area contributed by atoms with Crippen LogP contribution in [0, 0.1) is 0 Å². The first-order valence-electron chi connectivity index (χ1n) is 8.52. The molecule has 1 N–H and O–H groups in total. The number of hydrogen-bond donors (Lipinski definition) is 1. The molecule has 4 heterocycles. The van der Waals surface area contributed by atoms with E-state index in [1.54, 1.807) is 23.9 Å². The minimum atomic E-state index is -0.323. The van der Waals surface area contributed by atoms with Crippen molar-refractivity contribution >= 4 is 34.5 Å². The second kappa shape index (κ2) is 7.18. The highest BCUT2D eigenvalue weighted by Crippen LogP contribution is 2.24. The fourth-order valence-corrected chi connectivity index (χ4v) is 4.05. The number of rotatable bonds is 5. The highest BCUT2D eigenvalue weighted by Gasteiger charge is 2.32. The summed E-state index contributed by atoms with van der Waals surface area (Å²) in [6, 6.07) is 3.74. The summed E-state index contributed by atoms with van der Waals surface area (Å²) >= 11 is 1.41. The number of aromatic nitrogens is 3. The Labute approximate surface area is 159 Å². The lowest BCUT2D eigenvalue weighted by Crippen LogP contribution is -2.37. The molecule has 0 radical (unpaired) electrons. The van der Waals surface area contributed by atoms with Crippen LogP contribution in [-0.2, 0) is 4.74 Å². The molecule has 9 heteroatoms. The fourth-order valence-electron chi connectivity index (χ4n) is 3.43. The summed E-state index contributed by atoms with van der Waals surface area (Å²) in [6.07, 6.45) is 3.81. The molecule has 0 bridgehead atoms. The molecule has 0 spiro atoms. The van der Waals surface area contributed by atoms with Crippen LogP contribution in [0.2, 0.25) is 0 Å². The molecule has 8 nitrogen and oxygen atoms in total. The third-order valence-electron chi connectivity index (χ3n) is 4.88. The zero-order valence-corrected chi connectivity index (χ0v) is 15.8. The van der Waals surface area contributed by atoms with Gasteiger partial charge in [-0.1, -0.05) is 0 Å². The third-order valence-corrected chi connectivity index (χ3v) is 5.65. The van der Waals surface area contributed by atoms with Crippen molar-refractivity contribution in [2.75, 3.05) is 32.1 Å². The molecule has 1 fully saturated rings. The van der Waals surface area contributed by atoms with Gasteiger partial charge in [-0.3, -0.25) is 14.2 Å². The Bertz CT molecular complexity index is 1020. The largest absolute Gasteiger partial charge is 0.378 e. The van der Waals surface area contributed by atoms with E-state index in [1.165, 1.54) is 17.5 Å². The topological polar surface area (TPSA) is 89.4 Å². The van der Waals surface area contributed by atoms with Crippen molar-refractivity contribution in [2.45, 2.75) is 12.1 Å². The van der Waals surface area contributed by atoms with Crippen LogP contribution in [0.25, 0.3) is 16.2 Å². The van der Waals surface area contributed by atoms with Gasteiger partial charge in [-0.25, -0.2) is 9.97 Å². The van der Waals surface area contributed by atoms with Crippen LogP contribution < -0.4 is 15.6 Å². The zero-order chi connectivity index (χ0) is 19.0. The van der Waals surface area contributed by atoms with Gasteiger partial charge in [0.15, 0.2) is 17.1 Å². The van der Waals surface area contributed by atoms with Crippen LogP contribution in [0.1, 0.15) is 10.4 Å². The maximum absolute atomic E-state index is 12.6. The molecule has 0 aliphatic carbocycles. The van der Waals surface area contributed by atoms with E-state index < -0.39 is 0 Å². The third kappa shape index (κ3) is 3.03. The molecule has 3 aromatic heterocycles. The molecule has 1 saturated heterocycles. The van der Waals surface area contributed by atoms with Crippen LogP contribution in [0.4, 0.5) is 5.82 Å². The highest BCUT2D eigenvalue weighted by atomic mass is 32.1. The van der Waals surface area contributed by atoms with Gasteiger partial charge in [-0.05, 0) is 19.2 Å². The highest BCUT2D eigenvalue weighted by molar-refractivity contribution is 7.12. The SMILES string of the molecule is CNC1CN(c2ccc3c(=O)c(C=O)cn(-c4nccs4)c3n2)CC1OC. The summed E-state index contributed by atoms with van der Waals surface area (Å²) in [5.41, 5.74) is 0.249. The molecule has 1 aliphatic heterocycles. The van der Waals surface area contributed by atoms with Gasteiger partial charge in [0.05, 0.1) is 23.1 Å². The van der Waals surface area contributed by atoms with E-state index in [9.17, 15) is 9.59 Å². The standard InChI is InChI=1S/C18H19N5O3S/c1-19-13-8-22(9-14(13)26-2)15-4-3-12-16(25)11(10-24)7-23(17(12)21-15)18-20-5-6-27-18/h3-7,10,13-14,19H,8-9H2,1-2H3. The van der Waals surface area contributed by atoms with E-state index in [2.05, 4.69) is 15.2 Å². The van der Waals surface area contributed by atoms with Crippen molar-refractivity contribution in [3.8, 4) is 5.13 Å². The number of nitrogens with zero attached hydrogens (tertiary/aromatic N) is 4. The number of thiazole rings is 1. The molecule has 0 saturated carbocycles. The summed E-state index contributed by atoms with van der Waals surface area (Å²) in [4.78, 5) is 35.1. The Balaban J connectivity index is 1.86. The van der Waals surface area contributed by atoms with Crippen molar-refractivity contribution in [3.63, 3.8) is 0 Å². The van der Waals surface area contributed by atoms with Crippen molar-refractivity contribution in [2.24, 2.45) is 0 Å². The Hall–Kier alpha value is -2.62. The number of fused-ring (bicyclic) bond motifs is 1. The van der Waals surface area contributed by atoms with Crippen LogP contribution in [0.3, 0.4) is 0 Å². The molecule has 2 atom stereocenters. The first-order chi connectivity index (χ1) is 13.2.